The van der Waals surface area contributed by atoms with Crippen molar-refractivity contribution in [1.82, 2.24) is 9.62 Å². The van der Waals surface area contributed by atoms with Crippen molar-refractivity contribution in [3.8, 4) is 5.75 Å². The second-order valence-electron chi connectivity index (χ2n) is 7.21. The Bertz CT molecular complexity index is 939. The lowest BCUT2D eigenvalue weighted by molar-refractivity contribution is 0.0720. The number of nitrogens with one attached hydrogen (secondary N) is 1. The Kier molecular flexibility index (Phi) is 6.92. The molecule has 1 heterocycles. The molecule has 29 heavy (non-hydrogen) atoms. The number of rotatable bonds is 7. The minimum atomic E-state index is -3.81. The number of carbonyl (C=O) groups is 1. The molecule has 1 atom stereocenters. The van der Waals surface area contributed by atoms with Gasteiger partial charge < -0.3 is 9.64 Å². The summed E-state index contributed by atoms with van der Waals surface area (Å²) < 4.78 is 34.2. The number of benzene rings is 2. The van der Waals surface area contributed by atoms with Gasteiger partial charge in [0.25, 0.3) is 5.91 Å². The van der Waals surface area contributed by atoms with Crippen LogP contribution in [0.4, 0.5) is 0 Å². The van der Waals surface area contributed by atoms with Gasteiger partial charge >= 0.3 is 0 Å². The highest BCUT2D eigenvalue weighted by Crippen LogP contribution is 2.27. The summed E-state index contributed by atoms with van der Waals surface area (Å²) in [5, 5.41) is 0. The Morgan fingerprint density at radius 3 is 2.41 bits per heavy atom. The molecule has 0 spiro atoms. The molecule has 2 aromatic rings. The molecule has 0 saturated carbocycles. The van der Waals surface area contributed by atoms with Crippen LogP contribution in [-0.4, -0.2) is 39.4 Å². The fourth-order valence-corrected chi connectivity index (χ4v) is 4.95. The number of amides is 1. The Morgan fingerprint density at radius 2 is 1.79 bits per heavy atom. The molecule has 1 aliphatic rings. The van der Waals surface area contributed by atoms with Crippen LogP contribution in [0.3, 0.4) is 0 Å². The predicted octanol–water partition coefficient (Wildman–Crippen LogP) is 3.75. The minimum Gasteiger partial charge on any atom is -0.496 e. The van der Waals surface area contributed by atoms with Crippen LogP contribution < -0.4 is 9.46 Å². The predicted molar refractivity (Wildman–Crippen MR) is 113 cm³/mol. The van der Waals surface area contributed by atoms with E-state index < -0.39 is 10.0 Å². The van der Waals surface area contributed by atoms with Gasteiger partial charge in [-0.3, -0.25) is 4.79 Å². The summed E-state index contributed by atoms with van der Waals surface area (Å²) in [5.74, 6) is 0.198. The van der Waals surface area contributed by atoms with Crippen molar-refractivity contribution < 1.29 is 17.9 Å². The molecule has 0 bridgehead atoms. The fraction of sp³-hybridized carbons (Fsp3) is 0.409. The number of nitrogens with zero attached hydrogens (tertiary/aromatic N) is 1. The molecule has 1 aliphatic heterocycles. The average Bonchev–Trinajstić information content (AvgIpc) is 2.77. The number of ether oxygens (including phenoxy) is 1. The largest absolute Gasteiger partial charge is 0.496 e. The van der Waals surface area contributed by atoms with E-state index in [9.17, 15) is 13.2 Å². The third-order valence-electron chi connectivity index (χ3n) is 5.26. The molecule has 1 fully saturated rings. The molecule has 0 aliphatic carbocycles. The summed E-state index contributed by atoms with van der Waals surface area (Å²) in [6.45, 7) is 3.30. The normalized spacial score (nSPS) is 15.7. The Labute approximate surface area is 172 Å². The molecule has 6 nitrogen and oxygen atoms in total. The zero-order valence-electron chi connectivity index (χ0n) is 16.9. The van der Waals surface area contributed by atoms with E-state index in [0.717, 1.165) is 24.8 Å². The van der Waals surface area contributed by atoms with Crippen molar-refractivity contribution in [1.29, 1.82) is 0 Å². The highest BCUT2D eigenvalue weighted by atomic mass is 32.2. The highest BCUT2D eigenvalue weighted by Gasteiger charge is 2.26. The van der Waals surface area contributed by atoms with E-state index in [1.807, 2.05) is 37.3 Å². The summed E-state index contributed by atoms with van der Waals surface area (Å²) in [5.41, 5.74) is 1.18. The molecule has 3 rings (SSSR count). The molecule has 1 amide bonds. The van der Waals surface area contributed by atoms with Crippen LogP contribution in [0.15, 0.2) is 53.4 Å². The van der Waals surface area contributed by atoms with Gasteiger partial charge in [-0.25, -0.2) is 13.1 Å². The van der Waals surface area contributed by atoms with Crippen LogP contribution in [0.2, 0.25) is 0 Å². The van der Waals surface area contributed by atoms with Crippen LogP contribution in [0.25, 0.3) is 0 Å². The van der Waals surface area contributed by atoms with Crippen LogP contribution in [0.1, 0.15) is 54.6 Å². The minimum absolute atomic E-state index is 0.0630. The number of likely N-dealkylation sites (tertiary alicyclic amines) is 1. The van der Waals surface area contributed by atoms with E-state index >= 15 is 0 Å². The maximum absolute atomic E-state index is 13.0. The first-order chi connectivity index (χ1) is 14.0. The quantitative estimate of drug-likeness (QED) is 0.746. The van der Waals surface area contributed by atoms with Gasteiger partial charge in [-0.1, -0.05) is 37.3 Å². The van der Waals surface area contributed by atoms with Gasteiger partial charge in [0.15, 0.2) is 0 Å². The third-order valence-corrected chi connectivity index (χ3v) is 6.73. The van der Waals surface area contributed by atoms with Gasteiger partial charge in [-0.15, -0.1) is 0 Å². The number of hydrogen-bond acceptors (Lipinski definition) is 4. The maximum Gasteiger partial charge on any atom is 0.257 e. The molecule has 0 radical (unpaired) electrons. The molecular formula is C22H28N2O4S. The van der Waals surface area contributed by atoms with E-state index in [0.29, 0.717) is 25.3 Å². The third kappa shape index (κ3) is 4.97. The summed E-state index contributed by atoms with van der Waals surface area (Å²) in [6, 6.07) is 13.6. The molecule has 156 valence electrons. The molecule has 2 aromatic carbocycles. The van der Waals surface area contributed by atoms with Gasteiger partial charge in [-0.05, 0) is 49.4 Å². The molecule has 1 unspecified atom stereocenters. The smallest absolute Gasteiger partial charge is 0.257 e. The molecule has 1 saturated heterocycles. The SMILES string of the molecule is CCC(NS(=O)(=O)c1ccc(OC)c(C(=O)N2CCCCC2)c1)c1ccccc1. The first-order valence-corrected chi connectivity index (χ1v) is 11.5. The number of methoxy groups -OCH3 is 1. The van der Waals surface area contributed by atoms with Gasteiger partial charge in [-0.2, -0.15) is 0 Å². The number of sulfonamides is 1. The monoisotopic (exact) mass is 416 g/mol. The van der Waals surface area contributed by atoms with Crippen molar-refractivity contribution in [3.63, 3.8) is 0 Å². The van der Waals surface area contributed by atoms with Gasteiger partial charge in [0.05, 0.1) is 17.6 Å². The Morgan fingerprint density at radius 1 is 1.10 bits per heavy atom. The first kappa shape index (κ1) is 21.3. The van der Waals surface area contributed by atoms with Gasteiger partial charge in [0.1, 0.15) is 5.75 Å². The number of carbonyl (C=O) groups excluding carboxylic acids is 1. The first-order valence-electron chi connectivity index (χ1n) is 10.0. The lowest BCUT2D eigenvalue weighted by atomic mass is 10.1. The lowest BCUT2D eigenvalue weighted by Crippen LogP contribution is -2.36. The second-order valence-corrected chi connectivity index (χ2v) is 8.92. The van der Waals surface area contributed by atoms with Gasteiger partial charge in [0, 0.05) is 19.1 Å². The van der Waals surface area contributed by atoms with Crippen molar-refractivity contribution in [3.05, 3.63) is 59.7 Å². The van der Waals surface area contributed by atoms with E-state index in [2.05, 4.69) is 4.72 Å². The average molecular weight is 417 g/mol. The lowest BCUT2D eigenvalue weighted by Gasteiger charge is -2.27. The van der Waals surface area contributed by atoms with Crippen LogP contribution in [-0.2, 0) is 10.0 Å². The molecular weight excluding hydrogens is 388 g/mol. The van der Waals surface area contributed by atoms with E-state index in [4.69, 9.17) is 4.74 Å². The van der Waals surface area contributed by atoms with Gasteiger partial charge in [0.2, 0.25) is 10.0 Å². The summed E-state index contributed by atoms with van der Waals surface area (Å²) in [6.07, 6.45) is 3.64. The van der Waals surface area contributed by atoms with Crippen LogP contribution >= 0.6 is 0 Å². The van der Waals surface area contributed by atoms with E-state index in [1.54, 1.807) is 11.0 Å². The Balaban J connectivity index is 1.90. The Hall–Kier alpha value is -2.38. The van der Waals surface area contributed by atoms with Crippen molar-refractivity contribution >= 4 is 15.9 Å². The van der Waals surface area contributed by atoms with Crippen LogP contribution in [0.5, 0.6) is 5.75 Å². The zero-order chi connectivity index (χ0) is 20.9. The summed E-state index contributed by atoms with van der Waals surface area (Å²) in [7, 11) is -2.32. The van der Waals surface area contributed by atoms with E-state index in [1.165, 1.54) is 19.2 Å². The maximum atomic E-state index is 13.0. The topological polar surface area (TPSA) is 75.7 Å². The van der Waals surface area contributed by atoms with Crippen LogP contribution in [0, 0.1) is 0 Å². The summed E-state index contributed by atoms with van der Waals surface area (Å²) in [4.78, 5) is 14.8. The van der Waals surface area contributed by atoms with Crippen molar-refractivity contribution in [2.45, 2.75) is 43.5 Å². The van der Waals surface area contributed by atoms with Crippen molar-refractivity contribution in [2.75, 3.05) is 20.2 Å². The second kappa shape index (κ2) is 9.41. The van der Waals surface area contributed by atoms with E-state index in [-0.39, 0.29) is 22.4 Å². The number of piperidine rings is 1. The molecule has 1 N–H and O–H groups in total. The molecule has 0 aromatic heterocycles. The van der Waals surface area contributed by atoms with Crippen molar-refractivity contribution in [2.24, 2.45) is 0 Å². The highest BCUT2D eigenvalue weighted by molar-refractivity contribution is 7.89. The standard InChI is InChI=1S/C22H28N2O4S/c1-3-20(17-10-6-4-7-11-17)23-29(26,27)18-12-13-21(28-2)19(16-18)22(25)24-14-8-5-9-15-24/h4,6-7,10-13,16,20,23H,3,5,8-9,14-15H2,1-2H3. The summed E-state index contributed by atoms with van der Waals surface area (Å²) >= 11 is 0. The fourth-order valence-electron chi connectivity index (χ4n) is 3.62. The molecule has 7 heteroatoms. The number of hydrogen-bond donors (Lipinski definition) is 1. The zero-order valence-corrected chi connectivity index (χ0v) is 17.7.